The molecule has 0 amide bonds. The van der Waals surface area contributed by atoms with E-state index in [0.29, 0.717) is 18.9 Å². The number of aromatic nitrogens is 2. The molecule has 2 heterocycles. The van der Waals surface area contributed by atoms with Crippen molar-refractivity contribution < 1.29 is 27.2 Å². The van der Waals surface area contributed by atoms with Gasteiger partial charge in [-0.05, 0) is 30.1 Å². The SMILES string of the molecule is C=S(C)(=O)Nc1cc(F)c2c(Nc3ccc(F)cc3OC3COCC3OC)ncnc2c1. The maximum absolute atomic E-state index is 15.0. The Bertz CT molecular complexity index is 1260. The van der Waals surface area contributed by atoms with Crippen LogP contribution in [0, 0.1) is 11.6 Å². The van der Waals surface area contributed by atoms with Crippen LogP contribution in [0.15, 0.2) is 36.7 Å². The maximum atomic E-state index is 15.0. The van der Waals surface area contributed by atoms with Gasteiger partial charge in [0.05, 0.1) is 35.5 Å². The highest BCUT2D eigenvalue weighted by atomic mass is 32.2. The molecule has 3 atom stereocenters. The minimum atomic E-state index is -2.60. The second-order valence-corrected chi connectivity index (χ2v) is 9.63. The first kappa shape index (κ1) is 22.2. The molecule has 1 fully saturated rings. The number of halogens is 2. The average Bonchev–Trinajstić information content (AvgIpc) is 3.15. The van der Waals surface area contributed by atoms with Gasteiger partial charge in [0.1, 0.15) is 35.6 Å². The van der Waals surface area contributed by atoms with E-state index in [9.17, 15) is 13.0 Å². The van der Waals surface area contributed by atoms with E-state index in [1.54, 1.807) is 13.2 Å². The number of fused-ring (bicyclic) bond motifs is 1. The van der Waals surface area contributed by atoms with Crippen LogP contribution in [0.5, 0.6) is 5.75 Å². The van der Waals surface area contributed by atoms with Crippen LogP contribution < -0.4 is 14.8 Å². The summed E-state index contributed by atoms with van der Waals surface area (Å²) < 4.78 is 60.1. The van der Waals surface area contributed by atoms with Crippen LogP contribution in [0.4, 0.5) is 26.0 Å². The zero-order chi connectivity index (χ0) is 22.9. The highest BCUT2D eigenvalue weighted by Gasteiger charge is 2.31. The maximum Gasteiger partial charge on any atom is 0.150 e. The van der Waals surface area contributed by atoms with E-state index in [4.69, 9.17) is 14.2 Å². The van der Waals surface area contributed by atoms with Gasteiger partial charge < -0.3 is 24.2 Å². The van der Waals surface area contributed by atoms with E-state index >= 15 is 0 Å². The number of benzene rings is 2. The largest absolute Gasteiger partial charge is 0.483 e. The van der Waals surface area contributed by atoms with E-state index in [1.165, 1.54) is 36.8 Å². The minimum absolute atomic E-state index is 0.110. The minimum Gasteiger partial charge on any atom is -0.483 e. The zero-order valence-electron chi connectivity index (χ0n) is 17.4. The van der Waals surface area contributed by atoms with Crippen molar-refractivity contribution in [2.75, 3.05) is 36.6 Å². The first-order valence-corrected chi connectivity index (χ1v) is 11.7. The molecular formula is C21H22F2N4O4S. The van der Waals surface area contributed by atoms with Crippen LogP contribution in [-0.2, 0) is 19.2 Å². The molecule has 1 aromatic heterocycles. The molecule has 4 rings (SSSR count). The van der Waals surface area contributed by atoms with Gasteiger partial charge in [-0.15, -0.1) is 0 Å². The Morgan fingerprint density at radius 3 is 2.72 bits per heavy atom. The van der Waals surface area contributed by atoms with Gasteiger partial charge in [0.2, 0.25) is 0 Å². The van der Waals surface area contributed by atoms with Crippen LogP contribution in [0.1, 0.15) is 0 Å². The lowest BCUT2D eigenvalue weighted by molar-refractivity contribution is 0.0328. The van der Waals surface area contributed by atoms with Gasteiger partial charge in [-0.25, -0.2) is 23.0 Å². The van der Waals surface area contributed by atoms with E-state index in [1.807, 2.05) is 0 Å². The second kappa shape index (κ2) is 8.85. The van der Waals surface area contributed by atoms with Crippen LogP contribution in [0.3, 0.4) is 0 Å². The number of nitrogens with zero attached hydrogens (tertiary/aromatic N) is 2. The van der Waals surface area contributed by atoms with Gasteiger partial charge in [0.15, 0.2) is 6.10 Å². The molecule has 32 heavy (non-hydrogen) atoms. The van der Waals surface area contributed by atoms with Crippen molar-refractivity contribution in [2.24, 2.45) is 0 Å². The van der Waals surface area contributed by atoms with Gasteiger partial charge in [0.25, 0.3) is 0 Å². The summed E-state index contributed by atoms with van der Waals surface area (Å²) in [6, 6.07) is 6.68. The molecule has 0 radical (unpaired) electrons. The Morgan fingerprint density at radius 1 is 1.19 bits per heavy atom. The summed E-state index contributed by atoms with van der Waals surface area (Å²) in [4.78, 5) is 8.25. The number of hydrogen-bond donors (Lipinski definition) is 2. The Hall–Kier alpha value is -3.02. The molecule has 0 bridgehead atoms. The number of methoxy groups -OCH3 is 1. The summed E-state index contributed by atoms with van der Waals surface area (Å²) in [5, 5.41) is 3.11. The van der Waals surface area contributed by atoms with Crippen LogP contribution >= 0.6 is 0 Å². The van der Waals surface area contributed by atoms with E-state index in [-0.39, 0.29) is 34.3 Å². The molecule has 1 saturated heterocycles. The number of hydrogen-bond acceptors (Lipinski definition) is 7. The van der Waals surface area contributed by atoms with Crippen molar-refractivity contribution in [1.29, 1.82) is 0 Å². The van der Waals surface area contributed by atoms with Gasteiger partial charge in [0, 0.05) is 29.1 Å². The summed E-state index contributed by atoms with van der Waals surface area (Å²) in [6.45, 7) is 0.664. The average molecular weight is 464 g/mol. The van der Waals surface area contributed by atoms with Crippen molar-refractivity contribution in [2.45, 2.75) is 12.2 Å². The zero-order valence-corrected chi connectivity index (χ0v) is 18.2. The Balaban J connectivity index is 1.69. The van der Waals surface area contributed by atoms with Crippen molar-refractivity contribution >= 4 is 43.7 Å². The fraction of sp³-hybridized carbons (Fsp3) is 0.286. The molecule has 3 unspecified atom stereocenters. The van der Waals surface area contributed by atoms with Crippen molar-refractivity contribution in [1.82, 2.24) is 9.97 Å². The van der Waals surface area contributed by atoms with Crippen LogP contribution in [0.25, 0.3) is 10.9 Å². The summed E-state index contributed by atoms with van der Waals surface area (Å²) in [6.07, 6.45) is 1.94. The molecule has 0 saturated carbocycles. The fourth-order valence-electron chi connectivity index (χ4n) is 3.38. The standard InChI is InChI=1S/C21H22F2N4O4S/c1-29-18-9-30-10-19(18)31-17-6-12(22)4-5-15(17)26-21-20-14(23)7-13(27-32(2,3)28)8-16(20)24-11-25-21/h4-8,11,18-19H,2,9-10H2,1,3H3,(H,27,28)(H,24,25,26). The predicted octanol–water partition coefficient (Wildman–Crippen LogP) is 3.12. The lowest BCUT2D eigenvalue weighted by atomic mass is 10.2. The highest BCUT2D eigenvalue weighted by molar-refractivity contribution is 8.00. The number of rotatable bonds is 7. The van der Waals surface area contributed by atoms with Gasteiger partial charge >= 0.3 is 0 Å². The third-order valence-electron chi connectivity index (χ3n) is 4.78. The first-order valence-electron chi connectivity index (χ1n) is 9.61. The Kier molecular flexibility index (Phi) is 6.13. The number of anilines is 3. The van der Waals surface area contributed by atoms with Gasteiger partial charge in [-0.1, -0.05) is 0 Å². The topological polar surface area (TPSA) is 94.6 Å². The van der Waals surface area contributed by atoms with E-state index < -0.39 is 27.4 Å². The molecule has 170 valence electrons. The normalized spacial score (nSPS) is 20.1. The molecule has 3 aromatic rings. The molecule has 0 aliphatic carbocycles. The quantitative estimate of drug-likeness (QED) is 0.519. The molecule has 1 aliphatic rings. The summed E-state index contributed by atoms with van der Waals surface area (Å²) in [7, 11) is -1.05. The first-order chi connectivity index (χ1) is 15.2. The lowest BCUT2D eigenvalue weighted by Crippen LogP contribution is -2.31. The summed E-state index contributed by atoms with van der Waals surface area (Å²) in [5.74, 6) is 2.74. The fourth-order valence-corrected chi connectivity index (χ4v) is 3.99. The van der Waals surface area contributed by atoms with Crippen molar-refractivity contribution in [3.05, 3.63) is 48.3 Å². The molecule has 2 N–H and O–H groups in total. The highest BCUT2D eigenvalue weighted by Crippen LogP contribution is 2.34. The van der Waals surface area contributed by atoms with Crippen LogP contribution in [0.2, 0.25) is 0 Å². The van der Waals surface area contributed by atoms with Gasteiger partial charge in [-0.3, -0.25) is 0 Å². The Morgan fingerprint density at radius 2 is 1.97 bits per heavy atom. The third kappa shape index (κ3) is 4.90. The molecule has 11 heteroatoms. The summed E-state index contributed by atoms with van der Waals surface area (Å²) in [5.41, 5.74) is 0.936. The second-order valence-electron chi connectivity index (χ2n) is 7.41. The Labute approximate surface area is 184 Å². The lowest BCUT2D eigenvalue weighted by Gasteiger charge is -2.21. The molecule has 1 aliphatic heterocycles. The molecule has 2 aromatic carbocycles. The smallest absolute Gasteiger partial charge is 0.150 e. The number of nitrogens with one attached hydrogen (secondary N) is 2. The van der Waals surface area contributed by atoms with E-state index in [0.717, 1.165) is 0 Å². The molecule has 8 nitrogen and oxygen atoms in total. The predicted molar refractivity (Wildman–Crippen MR) is 120 cm³/mol. The van der Waals surface area contributed by atoms with Gasteiger partial charge in [-0.2, -0.15) is 0 Å². The molecule has 0 spiro atoms. The number of ether oxygens (including phenoxy) is 3. The monoisotopic (exact) mass is 464 g/mol. The van der Waals surface area contributed by atoms with Crippen molar-refractivity contribution in [3.8, 4) is 5.75 Å². The summed E-state index contributed by atoms with van der Waals surface area (Å²) >= 11 is 0. The van der Waals surface area contributed by atoms with Crippen molar-refractivity contribution in [3.63, 3.8) is 0 Å². The third-order valence-corrected chi connectivity index (χ3v) is 5.45. The van der Waals surface area contributed by atoms with Crippen LogP contribution in [-0.4, -0.2) is 58.8 Å². The molecular weight excluding hydrogens is 442 g/mol. The van der Waals surface area contributed by atoms with E-state index in [2.05, 4.69) is 25.9 Å².